The molecule has 0 spiro atoms. The molecular formula is C20H21Cl2NO4. The van der Waals surface area contributed by atoms with Gasteiger partial charge in [0, 0.05) is 22.2 Å². The zero-order valence-electron chi connectivity index (χ0n) is 15.2. The van der Waals surface area contributed by atoms with Crippen LogP contribution in [0.1, 0.15) is 24.0 Å². The summed E-state index contributed by atoms with van der Waals surface area (Å²) in [6, 6.07) is 10.6. The standard InChI is InChI=1S/C20H21Cl2NO4/c1-13-5-6-15(21)11-18(13)23-19(24)12-27-20(25)4-3-9-26-16-7-8-17(22)14(2)10-16/h5-8,10-11H,3-4,9,12H2,1-2H3,(H,23,24). The number of ether oxygens (including phenoxy) is 2. The lowest BCUT2D eigenvalue weighted by molar-refractivity contribution is -0.147. The lowest BCUT2D eigenvalue weighted by Crippen LogP contribution is -2.21. The molecule has 0 aliphatic rings. The fraction of sp³-hybridized carbons (Fsp3) is 0.300. The number of carbonyl (C=O) groups is 2. The Morgan fingerprint density at radius 1 is 1.04 bits per heavy atom. The maximum Gasteiger partial charge on any atom is 0.306 e. The summed E-state index contributed by atoms with van der Waals surface area (Å²) >= 11 is 11.9. The number of esters is 1. The highest BCUT2D eigenvalue weighted by atomic mass is 35.5. The molecule has 0 atom stereocenters. The first-order valence-corrected chi connectivity index (χ1v) is 9.21. The molecule has 27 heavy (non-hydrogen) atoms. The minimum atomic E-state index is -0.455. The Bertz CT molecular complexity index is 824. The molecule has 5 nitrogen and oxygen atoms in total. The van der Waals surface area contributed by atoms with Crippen molar-refractivity contribution in [3.05, 3.63) is 57.6 Å². The zero-order chi connectivity index (χ0) is 19.8. The molecule has 7 heteroatoms. The highest BCUT2D eigenvalue weighted by Crippen LogP contribution is 2.21. The van der Waals surface area contributed by atoms with Crippen LogP contribution in [0.5, 0.6) is 5.75 Å². The average Bonchev–Trinajstić information content (AvgIpc) is 2.63. The summed E-state index contributed by atoms with van der Waals surface area (Å²) in [5.41, 5.74) is 2.39. The van der Waals surface area contributed by atoms with Crippen LogP contribution in [0.4, 0.5) is 5.69 Å². The molecule has 0 fully saturated rings. The largest absolute Gasteiger partial charge is 0.494 e. The third kappa shape index (κ3) is 7.12. The minimum absolute atomic E-state index is 0.163. The second kappa shape index (κ2) is 10.2. The van der Waals surface area contributed by atoms with Crippen LogP contribution >= 0.6 is 23.2 Å². The molecule has 2 rings (SSSR count). The van der Waals surface area contributed by atoms with E-state index in [-0.39, 0.29) is 13.0 Å². The maximum atomic E-state index is 11.9. The van der Waals surface area contributed by atoms with Crippen molar-refractivity contribution in [3.8, 4) is 5.75 Å². The van der Waals surface area contributed by atoms with E-state index in [1.54, 1.807) is 30.3 Å². The fourth-order valence-electron chi connectivity index (χ4n) is 2.25. The van der Waals surface area contributed by atoms with Crippen LogP contribution in [0.15, 0.2) is 36.4 Å². The highest BCUT2D eigenvalue weighted by molar-refractivity contribution is 6.31. The van der Waals surface area contributed by atoms with Crippen LogP contribution in [-0.4, -0.2) is 25.1 Å². The third-order valence-electron chi connectivity index (χ3n) is 3.76. The molecule has 1 amide bonds. The molecule has 0 saturated heterocycles. The van der Waals surface area contributed by atoms with Gasteiger partial charge in [-0.05, 0) is 61.7 Å². The normalized spacial score (nSPS) is 10.4. The molecule has 0 bridgehead atoms. The van der Waals surface area contributed by atoms with E-state index in [0.29, 0.717) is 34.5 Å². The summed E-state index contributed by atoms with van der Waals surface area (Å²) in [5, 5.41) is 3.86. The summed E-state index contributed by atoms with van der Waals surface area (Å²) < 4.78 is 10.5. The van der Waals surface area contributed by atoms with E-state index in [0.717, 1.165) is 11.1 Å². The molecule has 0 heterocycles. The van der Waals surface area contributed by atoms with E-state index in [1.165, 1.54) is 0 Å². The predicted octanol–water partition coefficient (Wildman–Crippen LogP) is 4.95. The molecular weight excluding hydrogens is 389 g/mol. The van der Waals surface area contributed by atoms with E-state index >= 15 is 0 Å². The molecule has 144 valence electrons. The number of rotatable bonds is 8. The minimum Gasteiger partial charge on any atom is -0.494 e. The van der Waals surface area contributed by atoms with Gasteiger partial charge in [0.05, 0.1) is 6.61 Å². The van der Waals surface area contributed by atoms with Gasteiger partial charge in [-0.2, -0.15) is 0 Å². The summed E-state index contributed by atoms with van der Waals surface area (Å²) in [5.74, 6) is -0.174. The summed E-state index contributed by atoms with van der Waals surface area (Å²) in [6.07, 6.45) is 0.644. The SMILES string of the molecule is Cc1cc(OCCCC(=O)OCC(=O)Nc2cc(Cl)ccc2C)ccc1Cl. The predicted molar refractivity (Wildman–Crippen MR) is 107 cm³/mol. The van der Waals surface area contributed by atoms with Crippen molar-refractivity contribution in [2.24, 2.45) is 0 Å². The number of carbonyl (C=O) groups excluding carboxylic acids is 2. The quantitative estimate of drug-likeness (QED) is 0.494. The molecule has 2 aromatic carbocycles. The molecule has 0 aromatic heterocycles. The van der Waals surface area contributed by atoms with Crippen molar-refractivity contribution < 1.29 is 19.1 Å². The van der Waals surface area contributed by atoms with Crippen LogP contribution in [0.25, 0.3) is 0 Å². The van der Waals surface area contributed by atoms with E-state index < -0.39 is 11.9 Å². The number of benzene rings is 2. The monoisotopic (exact) mass is 409 g/mol. The molecule has 0 radical (unpaired) electrons. The van der Waals surface area contributed by atoms with Gasteiger partial charge in [0.25, 0.3) is 5.91 Å². The lowest BCUT2D eigenvalue weighted by atomic mass is 10.2. The molecule has 0 unspecified atom stereocenters. The first-order valence-electron chi connectivity index (χ1n) is 8.45. The Hall–Kier alpha value is -2.24. The van der Waals surface area contributed by atoms with Crippen molar-refractivity contribution in [1.82, 2.24) is 0 Å². The van der Waals surface area contributed by atoms with Crippen molar-refractivity contribution in [1.29, 1.82) is 0 Å². The summed E-state index contributed by atoms with van der Waals surface area (Å²) in [7, 11) is 0. The average molecular weight is 410 g/mol. The van der Waals surface area contributed by atoms with Gasteiger partial charge >= 0.3 is 5.97 Å². The number of halogens is 2. The number of amides is 1. The van der Waals surface area contributed by atoms with E-state index in [1.807, 2.05) is 19.9 Å². The number of hydrogen-bond acceptors (Lipinski definition) is 4. The maximum absolute atomic E-state index is 11.9. The Kier molecular flexibility index (Phi) is 7.95. The number of anilines is 1. The van der Waals surface area contributed by atoms with Gasteiger partial charge in [-0.25, -0.2) is 0 Å². The second-order valence-electron chi connectivity index (χ2n) is 6.03. The Morgan fingerprint density at radius 2 is 1.81 bits per heavy atom. The molecule has 0 saturated carbocycles. The third-order valence-corrected chi connectivity index (χ3v) is 4.42. The van der Waals surface area contributed by atoms with Crippen LogP contribution in [-0.2, 0) is 14.3 Å². The van der Waals surface area contributed by atoms with Crippen molar-refractivity contribution in [3.63, 3.8) is 0 Å². The smallest absolute Gasteiger partial charge is 0.306 e. The van der Waals surface area contributed by atoms with E-state index in [4.69, 9.17) is 32.7 Å². The molecule has 0 aliphatic heterocycles. The van der Waals surface area contributed by atoms with Gasteiger partial charge in [0.15, 0.2) is 6.61 Å². The van der Waals surface area contributed by atoms with Crippen LogP contribution in [0, 0.1) is 13.8 Å². The first-order chi connectivity index (χ1) is 12.8. The molecule has 2 aromatic rings. The zero-order valence-corrected chi connectivity index (χ0v) is 16.7. The highest BCUT2D eigenvalue weighted by Gasteiger charge is 2.10. The Labute approximate surface area is 168 Å². The summed E-state index contributed by atoms with van der Waals surface area (Å²) in [4.78, 5) is 23.6. The fourth-order valence-corrected chi connectivity index (χ4v) is 2.54. The van der Waals surface area contributed by atoms with Crippen molar-refractivity contribution in [2.45, 2.75) is 26.7 Å². The van der Waals surface area contributed by atoms with Crippen LogP contribution < -0.4 is 10.1 Å². The lowest BCUT2D eigenvalue weighted by Gasteiger charge is -2.10. The number of aryl methyl sites for hydroxylation is 2. The van der Waals surface area contributed by atoms with Gasteiger partial charge in [-0.15, -0.1) is 0 Å². The van der Waals surface area contributed by atoms with E-state index in [2.05, 4.69) is 5.32 Å². The Morgan fingerprint density at radius 3 is 2.56 bits per heavy atom. The number of nitrogens with one attached hydrogen (secondary N) is 1. The van der Waals surface area contributed by atoms with E-state index in [9.17, 15) is 9.59 Å². The number of hydrogen-bond donors (Lipinski definition) is 1. The van der Waals surface area contributed by atoms with Gasteiger partial charge in [-0.3, -0.25) is 9.59 Å². The summed E-state index contributed by atoms with van der Waals surface area (Å²) in [6.45, 7) is 3.76. The van der Waals surface area contributed by atoms with Gasteiger partial charge in [-0.1, -0.05) is 29.3 Å². The Balaban J connectivity index is 1.66. The van der Waals surface area contributed by atoms with Gasteiger partial charge in [0.2, 0.25) is 0 Å². The first kappa shape index (κ1) is 21.1. The van der Waals surface area contributed by atoms with Gasteiger partial charge < -0.3 is 14.8 Å². The topological polar surface area (TPSA) is 64.6 Å². The second-order valence-corrected chi connectivity index (χ2v) is 6.87. The van der Waals surface area contributed by atoms with Crippen LogP contribution in [0.3, 0.4) is 0 Å². The molecule has 1 N–H and O–H groups in total. The van der Waals surface area contributed by atoms with Crippen molar-refractivity contribution >= 4 is 40.8 Å². The van der Waals surface area contributed by atoms with Crippen molar-refractivity contribution in [2.75, 3.05) is 18.5 Å². The molecule has 0 aliphatic carbocycles. The van der Waals surface area contributed by atoms with Gasteiger partial charge in [0.1, 0.15) is 5.75 Å². The van der Waals surface area contributed by atoms with Crippen LogP contribution in [0.2, 0.25) is 10.0 Å².